The molecule has 0 N–H and O–H groups in total. The van der Waals surface area contributed by atoms with Gasteiger partial charge in [-0.15, -0.1) is 0 Å². The normalized spacial score (nSPS) is 10.5. The Labute approximate surface area is 124 Å². The van der Waals surface area contributed by atoms with Crippen molar-refractivity contribution in [3.63, 3.8) is 0 Å². The van der Waals surface area contributed by atoms with Crippen molar-refractivity contribution in [1.29, 1.82) is 0 Å². The summed E-state index contributed by atoms with van der Waals surface area (Å²) in [5.41, 5.74) is 0.955. The van der Waals surface area contributed by atoms with Crippen LogP contribution >= 0.6 is 0 Å². The first kappa shape index (κ1) is 17.1. The van der Waals surface area contributed by atoms with Crippen LogP contribution in [0.25, 0.3) is 0 Å². The van der Waals surface area contributed by atoms with Crippen molar-refractivity contribution in [2.45, 2.75) is 26.7 Å². The van der Waals surface area contributed by atoms with Gasteiger partial charge in [-0.3, -0.25) is 9.59 Å². The van der Waals surface area contributed by atoms with E-state index in [9.17, 15) is 14.0 Å². The van der Waals surface area contributed by atoms with E-state index >= 15 is 0 Å². The number of carbonyl (C=O) groups is 2. The number of halogens is 1. The van der Waals surface area contributed by atoms with E-state index < -0.39 is 0 Å². The summed E-state index contributed by atoms with van der Waals surface area (Å²) in [7, 11) is 1.33. The molecule has 4 nitrogen and oxygen atoms in total. The topological polar surface area (TPSA) is 46.6 Å². The van der Waals surface area contributed by atoms with E-state index in [1.165, 1.54) is 19.2 Å². The fourth-order valence-corrected chi connectivity index (χ4v) is 1.94. The molecule has 0 bridgehead atoms. The number of carbonyl (C=O) groups excluding carboxylic acids is 2. The van der Waals surface area contributed by atoms with Crippen molar-refractivity contribution in [2.24, 2.45) is 5.92 Å². The van der Waals surface area contributed by atoms with Crippen LogP contribution in [0.5, 0.6) is 0 Å². The van der Waals surface area contributed by atoms with Crippen molar-refractivity contribution in [3.8, 4) is 0 Å². The highest BCUT2D eigenvalue weighted by molar-refractivity contribution is 5.79. The molecule has 21 heavy (non-hydrogen) atoms. The second-order valence-corrected chi connectivity index (χ2v) is 5.18. The fourth-order valence-electron chi connectivity index (χ4n) is 1.94. The monoisotopic (exact) mass is 295 g/mol. The van der Waals surface area contributed by atoms with Gasteiger partial charge in [-0.1, -0.05) is 26.0 Å². The van der Waals surface area contributed by atoms with Crippen LogP contribution in [0.2, 0.25) is 0 Å². The number of ether oxygens (including phenoxy) is 1. The van der Waals surface area contributed by atoms with E-state index in [0.29, 0.717) is 19.5 Å². The lowest BCUT2D eigenvalue weighted by Gasteiger charge is -2.24. The number of nitrogens with zero attached hydrogens (tertiary/aromatic N) is 1. The van der Waals surface area contributed by atoms with Crippen LogP contribution in [0.1, 0.15) is 25.8 Å². The lowest BCUT2D eigenvalue weighted by Crippen LogP contribution is -2.37. The SMILES string of the molecule is COC(=O)CCN(CCc1ccc(F)cc1)C(=O)C(C)C. The highest BCUT2D eigenvalue weighted by Gasteiger charge is 2.18. The van der Waals surface area contributed by atoms with Crippen LogP contribution in [0, 0.1) is 11.7 Å². The molecule has 0 radical (unpaired) electrons. The minimum Gasteiger partial charge on any atom is -0.469 e. The molecular formula is C16H22FNO3. The molecule has 0 aliphatic heterocycles. The molecule has 0 saturated heterocycles. The number of benzene rings is 1. The summed E-state index contributed by atoms with van der Waals surface area (Å²) in [6.45, 7) is 4.49. The molecule has 116 valence electrons. The molecule has 1 aromatic rings. The predicted molar refractivity (Wildman–Crippen MR) is 78.2 cm³/mol. The molecule has 0 aliphatic carbocycles. The van der Waals surface area contributed by atoms with Crippen LogP contribution in [0.3, 0.4) is 0 Å². The highest BCUT2D eigenvalue weighted by Crippen LogP contribution is 2.08. The number of amides is 1. The van der Waals surface area contributed by atoms with Gasteiger partial charge in [0.1, 0.15) is 5.82 Å². The third-order valence-corrected chi connectivity index (χ3v) is 3.20. The van der Waals surface area contributed by atoms with Gasteiger partial charge in [-0.2, -0.15) is 0 Å². The van der Waals surface area contributed by atoms with E-state index in [0.717, 1.165) is 5.56 Å². The standard InChI is InChI=1S/C16H22FNO3/c1-12(2)16(20)18(11-9-15(19)21-3)10-8-13-4-6-14(17)7-5-13/h4-7,12H,8-11H2,1-3H3. The summed E-state index contributed by atoms with van der Waals surface area (Å²) in [4.78, 5) is 25.0. The molecule has 0 saturated carbocycles. The van der Waals surface area contributed by atoms with Crippen LogP contribution < -0.4 is 0 Å². The molecule has 1 rings (SSSR count). The molecule has 1 amide bonds. The van der Waals surface area contributed by atoms with Crippen molar-refractivity contribution >= 4 is 11.9 Å². The first-order valence-electron chi connectivity index (χ1n) is 7.04. The first-order chi connectivity index (χ1) is 9.93. The number of esters is 1. The predicted octanol–water partition coefficient (Wildman–Crippen LogP) is 2.42. The third-order valence-electron chi connectivity index (χ3n) is 3.20. The zero-order valence-electron chi connectivity index (χ0n) is 12.8. The van der Waals surface area contributed by atoms with Gasteiger partial charge in [0, 0.05) is 19.0 Å². The van der Waals surface area contributed by atoms with Crippen LogP contribution in [-0.4, -0.2) is 37.0 Å². The van der Waals surface area contributed by atoms with Crippen molar-refractivity contribution in [3.05, 3.63) is 35.6 Å². The molecule has 0 atom stereocenters. The van der Waals surface area contributed by atoms with Crippen LogP contribution in [0.15, 0.2) is 24.3 Å². The minimum atomic E-state index is -0.335. The summed E-state index contributed by atoms with van der Waals surface area (Å²) in [6, 6.07) is 6.21. The zero-order valence-corrected chi connectivity index (χ0v) is 12.8. The molecular weight excluding hydrogens is 273 g/mol. The Bertz CT molecular complexity index is 471. The molecule has 1 aromatic carbocycles. The Morgan fingerprint density at radius 3 is 2.33 bits per heavy atom. The highest BCUT2D eigenvalue weighted by atomic mass is 19.1. The summed E-state index contributed by atoms with van der Waals surface area (Å²) in [5.74, 6) is -0.741. The summed E-state index contributed by atoms with van der Waals surface area (Å²) < 4.78 is 17.5. The number of hydrogen-bond donors (Lipinski definition) is 0. The van der Waals surface area contributed by atoms with Gasteiger partial charge in [0.2, 0.25) is 5.91 Å². The quantitative estimate of drug-likeness (QED) is 0.726. The van der Waals surface area contributed by atoms with E-state index in [2.05, 4.69) is 4.74 Å². The van der Waals surface area contributed by atoms with Crippen molar-refractivity contribution in [2.75, 3.05) is 20.2 Å². The Balaban J connectivity index is 2.61. The summed E-state index contributed by atoms with van der Waals surface area (Å²) in [5, 5.41) is 0. The minimum absolute atomic E-state index is 0.000940. The maximum atomic E-state index is 12.9. The molecule has 0 fully saturated rings. The maximum Gasteiger partial charge on any atom is 0.307 e. The van der Waals surface area contributed by atoms with E-state index in [1.54, 1.807) is 17.0 Å². The van der Waals surface area contributed by atoms with Crippen molar-refractivity contribution < 1.29 is 18.7 Å². The van der Waals surface area contributed by atoms with Crippen LogP contribution in [-0.2, 0) is 20.7 Å². The zero-order chi connectivity index (χ0) is 15.8. The molecule has 0 aromatic heterocycles. The first-order valence-corrected chi connectivity index (χ1v) is 7.04. The van der Waals surface area contributed by atoms with Gasteiger partial charge in [-0.05, 0) is 24.1 Å². The smallest absolute Gasteiger partial charge is 0.307 e. The second kappa shape index (κ2) is 8.39. The van der Waals surface area contributed by atoms with Gasteiger partial charge in [0.05, 0.1) is 13.5 Å². The number of hydrogen-bond acceptors (Lipinski definition) is 3. The lowest BCUT2D eigenvalue weighted by atomic mass is 10.1. The summed E-state index contributed by atoms with van der Waals surface area (Å²) in [6.07, 6.45) is 0.804. The van der Waals surface area contributed by atoms with Gasteiger partial charge < -0.3 is 9.64 Å². The number of rotatable bonds is 7. The Morgan fingerprint density at radius 2 is 1.81 bits per heavy atom. The van der Waals surface area contributed by atoms with Gasteiger partial charge in [-0.25, -0.2) is 4.39 Å². The van der Waals surface area contributed by atoms with Crippen molar-refractivity contribution in [1.82, 2.24) is 4.90 Å². The van der Waals surface area contributed by atoms with Gasteiger partial charge in [0.15, 0.2) is 0 Å². The molecule has 5 heteroatoms. The Morgan fingerprint density at radius 1 is 1.19 bits per heavy atom. The average molecular weight is 295 g/mol. The molecule has 0 spiro atoms. The number of methoxy groups -OCH3 is 1. The molecule has 0 aliphatic rings. The van der Waals surface area contributed by atoms with Crippen LogP contribution in [0.4, 0.5) is 4.39 Å². The second-order valence-electron chi connectivity index (χ2n) is 5.18. The van der Waals surface area contributed by atoms with E-state index in [1.807, 2.05) is 13.8 Å². The molecule has 0 heterocycles. The third kappa shape index (κ3) is 5.94. The van der Waals surface area contributed by atoms with Gasteiger partial charge >= 0.3 is 5.97 Å². The Kier molecular flexibility index (Phi) is 6.85. The largest absolute Gasteiger partial charge is 0.469 e. The fraction of sp³-hybridized carbons (Fsp3) is 0.500. The lowest BCUT2D eigenvalue weighted by molar-refractivity contribution is -0.142. The molecule has 0 unspecified atom stereocenters. The van der Waals surface area contributed by atoms with E-state index in [-0.39, 0.29) is 30.0 Å². The average Bonchev–Trinajstić information content (AvgIpc) is 2.47. The van der Waals surface area contributed by atoms with E-state index in [4.69, 9.17) is 0 Å². The van der Waals surface area contributed by atoms with Gasteiger partial charge in [0.25, 0.3) is 0 Å². The maximum absolute atomic E-state index is 12.9. The summed E-state index contributed by atoms with van der Waals surface area (Å²) >= 11 is 0. The Hall–Kier alpha value is -1.91.